The Kier molecular flexibility index (Phi) is 5.03. The Hall–Kier alpha value is -2.90. The van der Waals surface area contributed by atoms with Gasteiger partial charge in [-0.15, -0.1) is 0 Å². The van der Waals surface area contributed by atoms with Crippen LogP contribution in [0.3, 0.4) is 0 Å². The van der Waals surface area contributed by atoms with Gasteiger partial charge in [0.2, 0.25) is 0 Å². The molecule has 1 saturated heterocycles. The molecule has 30 heavy (non-hydrogen) atoms. The number of imide groups is 1. The van der Waals surface area contributed by atoms with E-state index < -0.39 is 23.6 Å². The molecule has 2 atom stereocenters. The van der Waals surface area contributed by atoms with E-state index in [1.54, 1.807) is 37.5 Å². The van der Waals surface area contributed by atoms with Crippen molar-refractivity contribution in [1.82, 2.24) is 19.8 Å². The molecule has 0 spiro atoms. The molecule has 1 fully saturated rings. The quantitative estimate of drug-likeness (QED) is 0.613. The summed E-state index contributed by atoms with van der Waals surface area (Å²) in [6, 6.07) is 10.3. The van der Waals surface area contributed by atoms with E-state index in [1.165, 1.54) is 0 Å². The van der Waals surface area contributed by atoms with Crippen molar-refractivity contribution >= 4 is 34.6 Å². The van der Waals surface area contributed by atoms with E-state index in [9.17, 15) is 14.7 Å². The Bertz CT molecular complexity index is 1140. The zero-order chi connectivity index (χ0) is 21.6. The van der Waals surface area contributed by atoms with Crippen molar-refractivity contribution in [2.24, 2.45) is 0 Å². The third-order valence-corrected chi connectivity index (χ3v) is 5.99. The number of nitrogens with one attached hydrogen (secondary N) is 1. The van der Waals surface area contributed by atoms with E-state index in [1.807, 2.05) is 30.5 Å². The summed E-state index contributed by atoms with van der Waals surface area (Å²) in [5.41, 5.74) is 3.46. The second kappa shape index (κ2) is 7.41. The van der Waals surface area contributed by atoms with Gasteiger partial charge in [0.25, 0.3) is 5.91 Å². The Morgan fingerprint density at radius 3 is 2.50 bits per heavy atom. The van der Waals surface area contributed by atoms with Gasteiger partial charge in [-0.05, 0) is 61.7 Å². The number of urea groups is 1. The first-order valence-corrected chi connectivity index (χ1v) is 10.1. The first-order valence-electron chi connectivity index (χ1n) is 9.69. The molecule has 0 bridgehead atoms. The van der Waals surface area contributed by atoms with E-state index in [0.717, 1.165) is 27.1 Å². The highest BCUT2D eigenvalue weighted by Crippen LogP contribution is 2.30. The van der Waals surface area contributed by atoms with Crippen LogP contribution in [0.25, 0.3) is 11.0 Å². The van der Waals surface area contributed by atoms with Gasteiger partial charge in [0.15, 0.2) is 0 Å². The molecule has 2 unspecified atom stereocenters. The number of halogens is 1. The number of carbonyl (C=O) groups excluding carboxylic acids is 2. The summed E-state index contributed by atoms with van der Waals surface area (Å²) < 4.78 is 1.84. The molecule has 3 aromatic rings. The van der Waals surface area contributed by atoms with Crippen molar-refractivity contribution in [1.29, 1.82) is 0 Å². The minimum Gasteiger partial charge on any atom is -0.389 e. The molecule has 3 amide bonds. The number of aliphatic hydroxyl groups excluding tert-OH is 1. The average Bonchev–Trinajstić information content (AvgIpc) is 3.16. The van der Waals surface area contributed by atoms with Crippen LogP contribution in [0.5, 0.6) is 0 Å². The molecule has 0 radical (unpaired) electrons. The summed E-state index contributed by atoms with van der Waals surface area (Å²) in [5, 5.41) is 13.9. The number of benzene rings is 2. The molecule has 0 saturated carbocycles. The molecule has 4 rings (SSSR count). The van der Waals surface area contributed by atoms with E-state index >= 15 is 0 Å². The number of carbonyl (C=O) groups is 2. The Morgan fingerprint density at radius 2 is 1.80 bits per heavy atom. The molecule has 2 aromatic carbocycles. The van der Waals surface area contributed by atoms with Gasteiger partial charge < -0.3 is 15.0 Å². The minimum absolute atomic E-state index is 0.113. The van der Waals surface area contributed by atoms with Gasteiger partial charge in [-0.25, -0.2) is 9.78 Å². The predicted molar refractivity (Wildman–Crippen MR) is 114 cm³/mol. The number of amides is 3. The number of aromatic nitrogens is 2. The van der Waals surface area contributed by atoms with Crippen LogP contribution in [0.1, 0.15) is 23.6 Å². The normalized spacial score (nSPS) is 20.1. The maximum atomic E-state index is 13.0. The number of fused-ring (bicyclic) bond motifs is 1. The highest BCUT2D eigenvalue weighted by atomic mass is 35.5. The summed E-state index contributed by atoms with van der Waals surface area (Å²) in [6.45, 7) is 5.80. The fourth-order valence-corrected chi connectivity index (χ4v) is 3.92. The van der Waals surface area contributed by atoms with Crippen molar-refractivity contribution in [2.45, 2.75) is 39.0 Å². The number of nitrogens with zero attached hydrogens (tertiary/aromatic N) is 3. The fourth-order valence-electron chi connectivity index (χ4n) is 3.80. The number of imidazole rings is 1. The lowest BCUT2D eigenvalue weighted by Crippen LogP contribution is -2.42. The number of hydrogen-bond donors (Lipinski definition) is 2. The number of aryl methyl sites for hydroxylation is 2. The number of rotatable bonds is 5. The van der Waals surface area contributed by atoms with Gasteiger partial charge >= 0.3 is 6.03 Å². The SMILES string of the molecule is Cc1cc2ncn(CC(O)CN3C(=O)NC(C)(c4ccc(Cl)cc4)C3=O)c2cc1C. The summed E-state index contributed by atoms with van der Waals surface area (Å²) in [7, 11) is 0. The fraction of sp³-hybridized carbons (Fsp3) is 0.318. The lowest BCUT2D eigenvalue weighted by atomic mass is 9.92. The summed E-state index contributed by atoms with van der Waals surface area (Å²) >= 11 is 5.93. The molecular weight excluding hydrogens is 404 g/mol. The van der Waals surface area contributed by atoms with E-state index in [4.69, 9.17) is 11.6 Å². The van der Waals surface area contributed by atoms with Gasteiger partial charge in [-0.2, -0.15) is 0 Å². The lowest BCUT2D eigenvalue weighted by Gasteiger charge is -2.23. The van der Waals surface area contributed by atoms with Crippen LogP contribution in [0.15, 0.2) is 42.7 Å². The van der Waals surface area contributed by atoms with Crippen LogP contribution in [-0.4, -0.2) is 44.1 Å². The van der Waals surface area contributed by atoms with Gasteiger partial charge in [0, 0.05) is 5.02 Å². The topological polar surface area (TPSA) is 87.5 Å². The van der Waals surface area contributed by atoms with E-state index in [-0.39, 0.29) is 13.1 Å². The van der Waals surface area contributed by atoms with Crippen LogP contribution in [0.2, 0.25) is 5.02 Å². The van der Waals surface area contributed by atoms with Crippen molar-refractivity contribution in [2.75, 3.05) is 6.54 Å². The molecule has 8 heteroatoms. The average molecular weight is 427 g/mol. The zero-order valence-electron chi connectivity index (χ0n) is 17.0. The third-order valence-electron chi connectivity index (χ3n) is 5.73. The second-order valence-corrected chi connectivity index (χ2v) is 8.39. The van der Waals surface area contributed by atoms with E-state index in [0.29, 0.717) is 10.6 Å². The molecule has 0 aliphatic carbocycles. The maximum Gasteiger partial charge on any atom is 0.325 e. The maximum absolute atomic E-state index is 13.0. The van der Waals surface area contributed by atoms with Crippen molar-refractivity contribution < 1.29 is 14.7 Å². The van der Waals surface area contributed by atoms with Gasteiger partial charge in [0.05, 0.1) is 36.6 Å². The second-order valence-electron chi connectivity index (χ2n) is 7.95. The summed E-state index contributed by atoms with van der Waals surface area (Å²) in [6.07, 6.45) is 0.725. The standard InChI is InChI=1S/C22H23ClN4O3/c1-13-8-18-19(9-14(13)2)26(12-24-18)10-17(28)11-27-20(29)22(3,25-21(27)30)15-4-6-16(23)7-5-15/h4-9,12,17,28H,10-11H2,1-3H3,(H,25,30). The molecule has 156 valence electrons. The Labute approximate surface area is 179 Å². The zero-order valence-corrected chi connectivity index (χ0v) is 17.8. The molecular formula is C22H23ClN4O3. The van der Waals surface area contributed by atoms with Gasteiger partial charge in [-0.3, -0.25) is 9.69 Å². The van der Waals surface area contributed by atoms with Crippen LogP contribution in [0.4, 0.5) is 4.79 Å². The van der Waals surface area contributed by atoms with Crippen LogP contribution in [0, 0.1) is 13.8 Å². The highest BCUT2D eigenvalue weighted by Gasteiger charge is 2.49. The first-order chi connectivity index (χ1) is 14.2. The van der Waals surface area contributed by atoms with Crippen molar-refractivity contribution in [3.8, 4) is 0 Å². The summed E-state index contributed by atoms with van der Waals surface area (Å²) in [4.78, 5) is 31.0. The predicted octanol–water partition coefficient (Wildman–Crippen LogP) is 3.13. The Morgan fingerprint density at radius 1 is 1.13 bits per heavy atom. The van der Waals surface area contributed by atoms with E-state index in [2.05, 4.69) is 10.3 Å². The molecule has 1 aliphatic heterocycles. The number of β-amino-alcohol motifs (C(OH)–C–C–N with tert-alkyl or cyclic N) is 1. The smallest absolute Gasteiger partial charge is 0.325 e. The third kappa shape index (κ3) is 3.44. The molecule has 2 N–H and O–H groups in total. The molecule has 1 aliphatic rings. The molecule has 7 nitrogen and oxygen atoms in total. The monoisotopic (exact) mass is 426 g/mol. The number of hydrogen-bond acceptors (Lipinski definition) is 4. The molecule has 1 aromatic heterocycles. The van der Waals surface area contributed by atoms with Gasteiger partial charge in [0.1, 0.15) is 5.54 Å². The van der Waals surface area contributed by atoms with Crippen molar-refractivity contribution in [3.05, 3.63) is 64.4 Å². The lowest BCUT2D eigenvalue weighted by molar-refractivity contribution is -0.132. The molecule has 2 heterocycles. The minimum atomic E-state index is -1.20. The largest absolute Gasteiger partial charge is 0.389 e. The summed E-state index contributed by atoms with van der Waals surface area (Å²) in [5.74, 6) is -0.407. The number of aliphatic hydroxyl groups is 1. The van der Waals surface area contributed by atoms with Crippen LogP contribution >= 0.6 is 11.6 Å². The Balaban J connectivity index is 1.51. The van der Waals surface area contributed by atoms with Crippen LogP contribution in [-0.2, 0) is 16.9 Å². The first kappa shape index (κ1) is 20.4. The van der Waals surface area contributed by atoms with Crippen molar-refractivity contribution in [3.63, 3.8) is 0 Å². The van der Waals surface area contributed by atoms with Crippen LogP contribution < -0.4 is 5.32 Å². The van der Waals surface area contributed by atoms with Gasteiger partial charge in [-0.1, -0.05) is 23.7 Å². The highest BCUT2D eigenvalue weighted by molar-refractivity contribution is 6.30.